The maximum atomic E-state index is 11.7. The largest absolute Gasteiger partial charge is 0.467 e. The van der Waals surface area contributed by atoms with Gasteiger partial charge in [-0.25, -0.2) is 4.79 Å². The van der Waals surface area contributed by atoms with E-state index in [-0.39, 0.29) is 19.2 Å². The lowest BCUT2D eigenvalue weighted by atomic mass is 10.1. The van der Waals surface area contributed by atoms with E-state index in [4.69, 9.17) is 61.6 Å². The first kappa shape index (κ1) is 50.5. The van der Waals surface area contributed by atoms with Crippen molar-refractivity contribution in [2.24, 2.45) is 0 Å². The molecular formula is C36H70O16. The number of hydrogen-bond acceptors (Lipinski definition) is 16. The van der Waals surface area contributed by atoms with Crippen LogP contribution in [0.15, 0.2) is 0 Å². The van der Waals surface area contributed by atoms with Gasteiger partial charge in [-0.15, -0.1) is 0 Å². The van der Waals surface area contributed by atoms with Crippen LogP contribution in [0.25, 0.3) is 0 Å². The minimum Gasteiger partial charge on any atom is -0.467 e. The molecule has 0 atom stereocenters. The van der Waals surface area contributed by atoms with Crippen molar-refractivity contribution in [1.29, 1.82) is 0 Å². The molecule has 0 spiro atoms. The van der Waals surface area contributed by atoms with Crippen molar-refractivity contribution in [2.75, 3.05) is 172 Å². The normalized spacial score (nSPS) is 11.3. The zero-order valence-corrected chi connectivity index (χ0v) is 32.2. The summed E-state index contributed by atoms with van der Waals surface area (Å²) in [6.07, 6.45) is 7.39. The first-order chi connectivity index (χ1) is 25.7. The molecule has 0 fully saturated rings. The molecule has 0 aromatic carbocycles. The van der Waals surface area contributed by atoms with Gasteiger partial charge in [0.2, 0.25) is 0 Å². The Morgan fingerprint density at radius 1 is 0.327 bits per heavy atom. The van der Waals surface area contributed by atoms with Crippen LogP contribution in [0.5, 0.6) is 0 Å². The fourth-order valence-electron chi connectivity index (χ4n) is 3.97. The minimum atomic E-state index is -0.411. The summed E-state index contributed by atoms with van der Waals surface area (Å²) in [5.41, 5.74) is 0. The van der Waals surface area contributed by atoms with Gasteiger partial charge < -0.3 is 66.3 Å². The van der Waals surface area contributed by atoms with Crippen molar-refractivity contribution >= 4 is 11.9 Å². The Bertz CT molecular complexity index is 718. The van der Waals surface area contributed by atoms with Gasteiger partial charge >= 0.3 is 11.9 Å². The van der Waals surface area contributed by atoms with Crippen molar-refractivity contribution < 1.29 is 75.9 Å². The first-order valence-electron chi connectivity index (χ1n) is 18.9. The molecule has 0 saturated heterocycles. The Morgan fingerprint density at radius 2 is 0.596 bits per heavy atom. The second kappa shape index (κ2) is 45.6. The molecule has 0 aromatic heterocycles. The zero-order valence-electron chi connectivity index (χ0n) is 32.2. The van der Waals surface area contributed by atoms with Crippen LogP contribution in [0.4, 0.5) is 0 Å². The fourth-order valence-corrected chi connectivity index (χ4v) is 3.97. The number of esters is 2. The predicted molar refractivity (Wildman–Crippen MR) is 191 cm³/mol. The number of ether oxygens (including phenoxy) is 14. The molecule has 0 heterocycles. The number of carbonyl (C=O) groups excluding carboxylic acids is 2. The molecule has 0 amide bonds. The van der Waals surface area contributed by atoms with Gasteiger partial charge in [-0.3, -0.25) is 4.79 Å². The van der Waals surface area contributed by atoms with Crippen LogP contribution in [-0.4, -0.2) is 184 Å². The molecule has 0 unspecified atom stereocenters. The second-order valence-corrected chi connectivity index (χ2v) is 11.1. The monoisotopic (exact) mass is 758 g/mol. The minimum absolute atomic E-state index is 0.0740. The van der Waals surface area contributed by atoms with Crippen molar-refractivity contribution in [3.05, 3.63) is 0 Å². The Hall–Kier alpha value is -1.54. The lowest BCUT2D eigenvalue weighted by molar-refractivity contribution is -0.146. The van der Waals surface area contributed by atoms with E-state index >= 15 is 0 Å². The highest BCUT2D eigenvalue weighted by atomic mass is 16.6. The van der Waals surface area contributed by atoms with Crippen LogP contribution in [0.2, 0.25) is 0 Å². The van der Waals surface area contributed by atoms with E-state index < -0.39 is 5.97 Å². The summed E-state index contributed by atoms with van der Waals surface area (Å²) in [4.78, 5) is 22.5. The highest BCUT2D eigenvalue weighted by Gasteiger charge is 2.03. The van der Waals surface area contributed by atoms with E-state index in [1.807, 2.05) is 0 Å². The zero-order chi connectivity index (χ0) is 37.7. The van der Waals surface area contributed by atoms with Crippen LogP contribution >= 0.6 is 0 Å². The molecular weight excluding hydrogens is 688 g/mol. The Balaban J connectivity index is 3.10. The van der Waals surface area contributed by atoms with E-state index in [2.05, 4.69) is 11.7 Å². The average molecular weight is 759 g/mol. The summed E-state index contributed by atoms with van der Waals surface area (Å²) >= 11 is 0. The van der Waals surface area contributed by atoms with Gasteiger partial charge in [0.1, 0.15) is 13.2 Å². The molecule has 0 rings (SSSR count). The van der Waals surface area contributed by atoms with Crippen LogP contribution in [-0.2, 0) is 75.9 Å². The third-order valence-corrected chi connectivity index (χ3v) is 6.76. The first-order valence-corrected chi connectivity index (χ1v) is 18.9. The lowest BCUT2D eigenvalue weighted by Crippen LogP contribution is -2.16. The number of carbonyl (C=O) groups is 2. The molecule has 0 bridgehead atoms. The fraction of sp³-hybridized carbons (Fsp3) is 0.944. The van der Waals surface area contributed by atoms with Crippen molar-refractivity contribution in [2.45, 2.75) is 51.9 Å². The summed E-state index contributed by atoms with van der Waals surface area (Å²) in [6, 6.07) is 0. The van der Waals surface area contributed by atoms with Gasteiger partial charge in [0.25, 0.3) is 0 Å². The Labute approximate surface area is 311 Å². The summed E-state index contributed by atoms with van der Waals surface area (Å²) in [6.45, 7) is 13.0. The van der Waals surface area contributed by atoms with E-state index in [9.17, 15) is 9.59 Å². The highest BCUT2D eigenvalue weighted by Crippen LogP contribution is 2.07. The molecule has 310 valence electrons. The average Bonchev–Trinajstić information content (AvgIpc) is 3.15. The molecule has 0 aliphatic heterocycles. The standard InChI is InChI=1S/C36H70O16/c1-3-4-5-6-7-8-9-35(37)52-33-32-50-29-28-48-25-24-46-21-20-44-17-16-42-13-12-40-10-11-41-14-15-43-18-19-45-22-23-47-26-27-49-30-31-51-34-36(38)39-2/h3-34H2,1-2H3. The van der Waals surface area contributed by atoms with Gasteiger partial charge in [-0.05, 0) is 6.42 Å². The van der Waals surface area contributed by atoms with Crippen LogP contribution in [0, 0.1) is 0 Å². The number of rotatable bonds is 45. The molecule has 16 heteroatoms. The molecule has 52 heavy (non-hydrogen) atoms. The number of hydrogen-bond donors (Lipinski definition) is 0. The van der Waals surface area contributed by atoms with E-state index in [0.29, 0.717) is 158 Å². The van der Waals surface area contributed by atoms with E-state index in [1.54, 1.807) is 0 Å². The SMILES string of the molecule is CCCCCCCCC(=O)OCCOCCOCCOCCOCCOCCOCCOCCOCCOCCOCCOCCOCC(=O)OC. The molecule has 16 nitrogen and oxygen atoms in total. The van der Waals surface area contributed by atoms with Gasteiger partial charge in [0, 0.05) is 6.42 Å². The van der Waals surface area contributed by atoms with E-state index in [1.165, 1.54) is 32.8 Å². The van der Waals surface area contributed by atoms with Crippen molar-refractivity contribution in [1.82, 2.24) is 0 Å². The third kappa shape index (κ3) is 44.6. The quantitative estimate of drug-likeness (QED) is 0.0657. The third-order valence-electron chi connectivity index (χ3n) is 6.76. The molecule has 0 radical (unpaired) electrons. The van der Waals surface area contributed by atoms with Crippen LogP contribution in [0.3, 0.4) is 0 Å². The van der Waals surface area contributed by atoms with E-state index in [0.717, 1.165) is 12.8 Å². The number of methoxy groups -OCH3 is 1. The smallest absolute Gasteiger partial charge is 0.331 e. The van der Waals surface area contributed by atoms with Crippen LogP contribution in [0.1, 0.15) is 51.9 Å². The Kier molecular flexibility index (Phi) is 44.3. The van der Waals surface area contributed by atoms with Gasteiger partial charge in [0.05, 0.1) is 159 Å². The maximum absolute atomic E-state index is 11.7. The Morgan fingerprint density at radius 3 is 0.904 bits per heavy atom. The molecule has 0 aromatic rings. The summed E-state index contributed by atoms with van der Waals surface area (Å²) in [5, 5.41) is 0. The highest BCUT2D eigenvalue weighted by molar-refractivity contribution is 5.70. The number of unbranched alkanes of at least 4 members (excludes halogenated alkanes) is 5. The lowest BCUT2D eigenvalue weighted by Gasteiger charge is -2.09. The molecule has 0 aliphatic carbocycles. The maximum Gasteiger partial charge on any atom is 0.331 e. The van der Waals surface area contributed by atoms with Gasteiger partial charge in [0.15, 0.2) is 0 Å². The van der Waals surface area contributed by atoms with Crippen molar-refractivity contribution in [3.63, 3.8) is 0 Å². The molecule has 0 N–H and O–H groups in total. The predicted octanol–water partition coefficient (Wildman–Crippen LogP) is 2.65. The second-order valence-electron chi connectivity index (χ2n) is 11.1. The molecule has 0 aliphatic rings. The molecule has 0 saturated carbocycles. The van der Waals surface area contributed by atoms with Crippen molar-refractivity contribution in [3.8, 4) is 0 Å². The van der Waals surface area contributed by atoms with Crippen LogP contribution < -0.4 is 0 Å². The summed E-state index contributed by atoms with van der Waals surface area (Å²) in [7, 11) is 1.31. The summed E-state index contributed by atoms with van der Waals surface area (Å²) < 4.78 is 74.6. The topological polar surface area (TPSA) is 163 Å². The summed E-state index contributed by atoms with van der Waals surface area (Å²) in [5.74, 6) is -0.559. The van der Waals surface area contributed by atoms with Gasteiger partial charge in [-0.1, -0.05) is 39.0 Å². The van der Waals surface area contributed by atoms with Gasteiger partial charge in [-0.2, -0.15) is 0 Å².